The predicted octanol–water partition coefficient (Wildman–Crippen LogP) is 4.23. The Morgan fingerprint density at radius 1 is 1.26 bits per heavy atom. The van der Waals surface area contributed by atoms with Crippen molar-refractivity contribution < 1.29 is 4.74 Å². The summed E-state index contributed by atoms with van der Waals surface area (Å²) in [6.45, 7) is 1.73. The van der Waals surface area contributed by atoms with E-state index in [0.29, 0.717) is 18.0 Å². The van der Waals surface area contributed by atoms with Crippen molar-refractivity contribution in [1.29, 1.82) is 0 Å². The molecule has 1 aliphatic carbocycles. The lowest BCUT2D eigenvalue weighted by Gasteiger charge is -2.45. The van der Waals surface area contributed by atoms with Gasteiger partial charge in [-0.05, 0) is 30.5 Å². The molecule has 2 unspecified atom stereocenters. The first-order valence-corrected chi connectivity index (χ1v) is 7.93. The van der Waals surface area contributed by atoms with E-state index in [1.807, 2.05) is 6.07 Å². The number of alkyl halides is 1. The smallest absolute Gasteiger partial charge is 0.0779 e. The molecule has 1 heterocycles. The van der Waals surface area contributed by atoms with Gasteiger partial charge in [-0.15, -0.1) is 11.6 Å². The minimum atomic E-state index is 0.381. The molecule has 1 aliphatic heterocycles. The molecule has 19 heavy (non-hydrogen) atoms. The highest BCUT2D eigenvalue weighted by Gasteiger charge is 2.34. The van der Waals surface area contributed by atoms with Crippen LogP contribution in [0.1, 0.15) is 31.2 Å². The molecule has 0 aromatic heterocycles. The summed E-state index contributed by atoms with van der Waals surface area (Å²) < 4.78 is 5.91. The van der Waals surface area contributed by atoms with Crippen LogP contribution in [0.25, 0.3) is 0 Å². The van der Waals surface area contributed by atoms with Gasteiger partial charge in [0.1, 0.15) is 0 Å². The van der Waals surface area contributed by atoms with Crippen molar-refractivity contribution in [2.45, 2.75) is 43.7 Å². The third-order valence-electron chi connectivity index (χ3n) is 4.21. The second-order valence-electron chi connectivity index (χ2n) is 5.37. The van der Waals surface area contributed by atoms with E-state index in [9.17, 15) is 0 Å². The number of fused-ring (bicyclic) bond motifs is 1. The first-order chi connectivity index (χ1) is 9.29. The van der Waals surface area contributed by atoms with Crippen LogP contribution in [0.2, 0.25) is 5.02 Å². The molecule has 4 heteroatoms. The predicted molar refractivity (Wildman–Crippen MR) is 80.4 cm³/mol. The van der Waals surface area contributed by atoms with Gasteiger partial charge in [-0.25, -0.2) is 0 Å². The molecule has 1 aromatic rings. The Hall–Kier alpha value is -0.440. The second kappa shape index (κ2) is 5.90. The molecule has 2 atom stereocenters. The summed E-state index contributed by atoms with van der Waals surface area (Å²) in [5.41, 5.74) is 2.21. The number of benzene rings is 1. The molecule has 0 radical (unpaired) electrons. The Morgan fingerprint density at radius 3 is 2.89 bits per heavy atom. The van der Waals surface area contributed by atoms with Gasteiger partial charge in [-0.1, -0.05) is 30.5 Å². The lowest BCUT2D eigenvalue weighted by Crippen LogP contribution is -2.52. The van der Waals surface area contributed by atoms with Crippen molar-refractivity contribution >= 4 is 28.9 Å². The molecule has 104 valence electrons. The first-order valence-electron chi connectivity index (χ1n) is 7.02. The molecule has 1 saturated heterocycles. The molecule has 0 N–H and O–H groups in total. The van der Waals surface area contributed by atoms with Gasteiger partial charge in [0.15, 0.2) is 0 Å². The first kappa shape index (κ1) is 13.5. The van der Waals surface area contributed by atoms with Crippen molar-refractivity contribution in [2.24, 2.45) is 0 Å². The lowest BCUT2D eigenvalue weighted by molar-refractivity contribution is -0.00866. The van der Waals surface area contributed by atoms with Crippen LogP contribution in [-0.2, 0) is 10.6 Å². The van der Waals surface area contributed by atoms with Crippen LogP contribution in [0.15, 0.2) is 18.2 Å². The minimum Gasteiger partial charge on any atom is -0.374 e. The van der Waals surface area contributed by atoms with Gasteiger partial charge in [0, 0.05) is 12.4 Å². The van der Waals surface area contributed by atoms with Crippen molar-refractivity contribution in [3.63, 3.8) is 0 Å². The molecular weight excluding hydrogens is 281 g/mol. The average Bonchev–Trinajstić information content (AvgIpc) is 2.46. The van der Waals surface area contributed by atoms with Crippen LogP contribution < -0.4 is 4.90 Å². The van der Waals surface area contributed by atoms with Crippen LogP contribution in [0.3, 0.4) is 0 Å². The molecular formula is C15H19Cl2NO. The number of anilines is 1. The van der Waals surface area contributed by atoms with Crippen molar-refractivity contribution in [2.75, 3.05) is 18.1 Å². The summed E-state index contributed by atoms with van der Waals surface area (Å²) in [6.07, 6.45) is 5.34. The Labute approximate surface area is 124 Å². The van der Waals surface area contributed by atoms with Crippen molar-refractivity contribution in [1.82, 2.24) is 0 Å². The number of morpholine rings is 1. The Bertz CT molecular complexity index is 450. The summed E-state index contributed by atoms with van der Waals surface area (Å²) in [4.78, 5) is 2.44. The standard InChI is InChI=1S/C15H19Cl2NO/c16-10-11-5-6-13(12(17)9-11)18-7-8-19-15-4-2-1-3-14(15)18/h5-6,9,14-15H,1-4,7-8,10H2. The summed E-state index contributed by atoms with van der Waals surface area (Å²) >= 11 is 12.3. The highest BCUT2D eigenvalue weighted by molar-refractivity contribution is 6.33. The zero-order chi connectivity index (χ0) is 13.2. The van der Waals surface area contributed by atoms with Gasteiger partial charge in [-0.2, -0.15) is 0 Å². The maximum atomic E-state index is 6.43. The molecule has 0 spiro atoms. The normalized spacial score (nSPS) is 27.2. The Morgan fingerprint density at radius 2 is 2.11 bits per heavy atom. The molecule has 3 rings (SSSR count). The van der Waals surface area contributed by atoms with Crippen LogP contribution in [0.4, 0.5) is 5.69 Å². The van der Waals surface area contributed by atoms with Crippen LogP contribution in [0.5, 0.6) is 0 Å². The number of nitrogens with zero attached hydrogens (tertiary/aromatic N) is 1. The topological polar surface area (TPSA) is 12.5 Å². The number of ether oxygens (including phenoxy) is 1. The van der Waals surface area contributed by atoms with Crippen molar-refractivity contribution in [3.05, 3.63) is 28.8 Å². The van der Waals surface area contributed by atoms with E-state index in [1.54, 1.807) is 0 Å². The summed E-state index contributed by atoms with van der Waals surface area (Å²) in [5.74, 6) is 0.509. The Kier molecular flexibility index (Phi) is 4.21. The van der Waals surface area contributed by atoms with E-state index in [2.05, 4.69) is 17.0 Å². The fourth-order valence-electron chi connectivity index (χ4n) is 3.26. The second-order valence-corrected chi connectivity index (χ2v) is 6.05. The van der Waals surface area contributed by atoms with Gasteiger partial charge in [0.25, 0.3) is 0 Å². The maximum Gasteiger partial charge on any atom is 0.0779 e. The molecule has 2 nitrogen and oxygen atoms in total. The lowest BCUT2D eigenvalue weighted by atomic mass is 9.89. The number of halogens is 2. The third-order valence-corrected chi connectivity index (χ3v) is 4.82. The van der Waals surface area contributed by atoms with Crippen LogP contribution >= 0.6 is 23.2 Å². The molecule has 2 fully saturated rings. The monoisotopic (exact) mass is 299 g/mol. The number of hydrogen-bond donors (Lipinski definition) is 0. The minimum absolute atomic E-state index is 0.381. The van der Waals surface area contributed by atoms with E-state index in [4.69, 9.17) is 27.9 Å². The van der Waals surface area contributed by atoms with E-state index >= 15 is 0 Å². The zero-order valence-electron chi connectivity index (χ0n) is 10.9. The molecule has 1 saturated carbocycles. The van der Waals surface area contributed by atoms with E-state index < -0.39 is 0 Å². The summed E-state index contributed by atoms with van der Waals surface area (Å²) in [7, 11) is 0. The SMILES string of the molecule is ClCc1ccc(N2CCOC3CCCCC32)c(Cl)c1. The van der Waals surface area contributed by atoms with E-state index in [-0.39, 0.29) is 0 Å². The highest BCUT2D eigenvalue weighted by atomic mass is 35.5. The fraction of sp³-hybridized carbons (Fsp3) is 0.600. The molecule has 2 aliphatic rings. The molecule has 0 bridgehead atoms. The van der Waals surface area contributed by atoms with E-state index in [0.717, 1.165) is 29.4 Å². The number of hydrogen-bond acceptors (Lipinski definition) is 2. The molecule has 0 amide bonds. The highest BCUT2D eigenvalue weighted by Crippen LogP contribution is 2.35. The van der Waals surface area contributed by atoms with Gasteiger partial charge in [0.2, 0.25) is 0 Å². The van der Waals surface area contributed by atoms with Gasteiger partial charge in [0.05, 0.1) is 29.5 Å². The number of rotatable bonds is 2. The third kappa shape index (κ3) is 2.72. The van der Waals surface area contributed by atoms with Gasteiger partial charge in [-0.3, -0.25) is 0 Å². The van der Waals surface area contributed by atoms with Gasteiger partial charge >= 0.3 is 0 Å². The van der Waals surface area contributed by atoms with Crippen LogP contribution in [-0.4, -0.2) is 25.3 Å². The largest absolute Gasteiger partial charge is 0.374 e. The molecule has 1 aromatic carbocycles. The van der Waals surface area contributed by atoms with Gasteiger partial charge < -0.3 is 9.64 Å². The van der Waals surface area contributed by atoms with Crippen LogP contribution in [0, 0.1) is 0 Å². The fourth-order valence-corrected chi connectivity index (χ4v) is 3.74. The average molecular weight is 300 g/mol. The quantitative estimate of drug-likeness (QED) is 0.758. The van der Waals surface area contributed by atoms with E-state index in [1.165, 1.54) is 25.7 Å². The summed E-state index contributed by atoms with van der Waals surface area (Å²) in [6, 6.07) is 6.65. The maximum absolute atomic E-state index is 6.43. The Balaban J connectivity index is 1.87. The zero-order valence-corrected chi connectivity index (χ0v) is 12.5. The summed E-state index contributed by atoms with van der Waals surface area (Å²) in [5, 5.41) is 0.810. The van der Waals surface area contributed by atoms with Crippen molar-refractivity contribution in [3.8, 4) is 0 Å².